The van der Waals surface area contributed by atoms with Gasteiger partial charge in [-0.3, -0.25) is 4.79 Å². The van der Waals surface area contributed by atoms with E-state index in [2.05, 4.69) is 10.1 Å². The summed E-state index contributed by atoms with van der Waals surface area (Å²) in [5.74, 6) is -0.137. The number of methoxy groups -OCH3 is 1. The van der Waals surface area contributed by atoms with Crippen LogP contribution in [0.15, 0.2) is 36.4 Å². The lowest BCUT2D eigenvalue weighted by Crippen LogP contribution is -2.30. The minimum atomic E-state index is -0.677. The number of nitrogens with one attached hydrogen (secondary N) is 1. The highest BCUT2D eigenvalue weighted by Crippen LogP contribution is 2.22. The van der Waals surface area contributed by atoms with Crippen LogP contribution in [-0.2, 0) is 9.53 Å². The lowest BCUT2D eigenvalue weighted by molar-refractivity contribution is -0.122. The van der Waals surface area contributed by atoms with E-state index in [0.29, 0.717) is 11.3 Å². The van der Waals surface area contributed by atoms with Crippen molar-refractivity contribution in [1.29, 1.82) is 0 Å². The molecule has 1 amide bonds. The van der Waals surface area contributed by atoms with E-state index in [1.807, 2.05) is 32.9 Å². The monoisotopic (exact) mass is 341 g/mol. The lowest BCUT2D eigenvalue weighted by Gasteiger charge is -2.17. The van der Waals surface area contributed by atoms with Crippen LogP contribution >= 0.6 is 0 Å². The molecule has 25 heavy (non-hydrogen) atoms. The molecule has 1 N–H and O–H groups in total. The number of esters is 1. The quantitative estimate of drug-likeness (QED) is 0.840. The minimum Gasteiger partial charge on any atom is -0.481 e. The van der Waals surface area contributed by atoms with Gasteiger partial charge in [0.25, 0.3) is 5.91 Å². The number of carbonyl (C=O) groups is 2. The van der Waals surface area contributed by atoms with Gasteiger partial charge in [-0.05, 0) is 63.1 Å². The maximum atomic E-state index is 12.4. The van der Waals surface area contributed by atoms with Crippen molar-refractivity contribution in [3.8, 4) is 5.75 Å². The molecule has 0 radical (unpaired) electrons. The van der Waals surface area contributed by atoms with E-state index >= 15 is 0 Å². The molecule has 0 bridgehead atoms. The lowest BCUT2D eigenvalue weighted by atomic mass is 10.0. The summed E-state index contributed by atoms with van der Waals surface area (Å²) in [5, 5.41) is 2.93. The first-order chi connectivity index (χ1) is 11.8. The van der Waals surface area contributed by atoms with Crippen LogP contribution in [-0.4, -0.2) is 25.1 Å². The molecular weight excluding hydrogens is 318 g/mol. The van der Waals surface area contributed by atoms with E-state index in [1.165, 1.54) is 7.11 Å². The molecule has 0 aliphatic carbocycles. The van der Waals surface area contributed by atoms with E-state index in [4.69, 9.17) is 4.74 Å². The van der Waals surface area contributed by atoms with E-state index in [9.17, 15) is 9.59 Å². The van der Waals surface area contributed by atoms with E-state index < -0.39 is 12.1 Å². The summed E-state index contributed by atoms with van der Waals surface area (Å²) in [6.45, 7) is 7.64. The second kappa shape index (κ2) is 7.83. The van der Waals surface area contributed by atoms with Gasteiger partial charge in [-0.1, -0.05) is 17.7 Å². The van der Waals surface area contributed by atoms with Crippen molar-refractivity contribution in [1.82, 2.24) is 0 Å². The van der Waals surface area contributed by atoms with Crippen LogP contribution in [0.2, 0.25) is 0 Å². The Hall–Kier alpha value is -2.82. The second-order valence-electron chi connectivity index (χ2n) is 6.04. The molecule has 2 aromatic rings. The zero-order valence-electron chi connectivity index (χ0n) is 15.2. The molecule has 132 valence electrons. The third-order valence-electron chi connectivity index (χ3n) is 3.88. The van der Waals surface area contributed by atoms with E-state index in [-0.39, 0.29) is 5.91 Å². The number of benzene rings is 2. The average Bonchev–Trinajstić information content (AvgIpc) is 2.57. The van der Waals surface area contributed by atoms with Crippen molar-refractivity contribution < 1.29 is 19.1 Å². The number of hydrogen-bond donors (Lipinski definition) is 1. The van der Waals surface area contributed by atoms with E-state index in [0.717, 1.165) is 22.4 Å². The largest absolute Gasteiger partial charge is 0.481 e. The molecule has 1 atom stereocenters. The van der Waals surface area contributed by atoms with Gasteiger partial charge in [0.05, 0.1) is 12.7 Å². The SMILES string of the molecule is COC(=O)c1ccc(O[C@H](C)C(=O)Nc2c(C)cc(C)cc2C)cc1. The molecule has 0 saturated carbocycles. The minimum absolute atomic E-state index is 0.230. The summed E-state index contributed by atoms with van der Waals surface area (Å²) in [4.78, 5) is 23.8. The Labute approximate surface area is 148 Å². The number of rotatable bonds is 5. The Balaban J connectivity index is 2.04. The molecule has 2 aromatic carbocycles. The number of carbonyl (C=O) groups excluding carboxylic acids is 2. The van der Waals surface area contributed by atoms with Gasteiger partial charge in [-0.2, -0.15) is 0 Å². The number of anilines is 1. The van der Waals surface area contributed by atoms with Crippen molar-refractivity contribution in [2.45, 2.75) is 33.8 Å². The van der Waals surface area contributed by atoms with Crippen LogP contribution in [0.5, 0.6) is 5.75 Å². The maximum absolute atomic E-state index is 12.4. The summed E-state index contributed by atoms with van der Waals surface area (Å²) in [6, 6.07) is 10.5. The molecule has 0 aliphatic heterocycles. The van der Waals surface area contributed by atoms with Crippen molar-refractivity contribution in [2.75, 3.05) is 12.4 Å². The molecule has 0 spiro atoms. The first kappa shape index (κ1) is 18.5. The predicted octanol–water partition coefficient (Wildman–Crippen LogP) is 3.80. The first-order valence-corrected chi connectivity index (χ1v) is 8.05. The van der Waals surface area contributed by atoms with Crippen LogP contribution in [0.25, 0.3) is 0 Å². The molecule has 0 fully saturated rings. The smallest absolute Gasteiger partial charge is 0.337 e. The molecule has 0 heterocycles. The highest BCUT2D eigenvalue weighted by Gasteiger charge is 2.17. The predicted molar refractivity (Wildman–Crippen MR) is 97.2 cm³/mol. The summed E-state index contributed by atoms with van der Waals surface area (Å²) in [5.41, 5.74) is 4.42. The Morgan fingerprint density at radius 2 is 1.56 bits per heavy atom. The summed E-state index contributed by atoms with van der Waals surface area (Å²) in [7, 11) is 1.33. The number of amides is 1. The van der Waals surface area contributed by atoms with Crippen LogP contribution in [0, 0.1) is 20.8 Å². The number of ether oxygens (including phenoxy) is 2. The fourth-order valence-electron chi connectivity index (χ4n) is 2.65. The molecule has 5 nitrogen and oxygen atoms in total. The molecule has 2 rings (SSSR count). The fourth-order valence-corrected chi connectivity index (χ4v) is 2.65. The normalized spacial score (nSPS) is 11.6. The first-order valence-electron chi connectivity index (χ1n) is 8.05. The molecule has 5 heteroatoms. The van der Waals surface area contributed by atoms with Crippen molar-refractivity contribution in [3.05, 3.63) is 58.7 Å². The third-order valence-corrected chi connectivity index (χ3v) is 3.88. The Morgan fingerprint density at radius 1 is 1.00 bits per heavy atom. The van der Waals surface area contributed by atoms with Gasteiger partial charge in [-0.25, -0.2) is 4.79 Å². The van der Waals surface area contributed by atoms with Crippen molar-refractivity contribution >= 4 is 17.6 Å². The van der Waals surface area contributed by atoms with Gasteiger partial charge in [0.15, 0.2) is 6.10 Å². The van der Waals surface area contributed by atoms with Crippen molar-refractivity contribution in [2.24, 2.45) is 0 Å². The zero-order chi connectivity index (χ0) is 18.6. The van der Waals surface area contributed by atoms with Crippen molar-refractivity contribution in [3.63, 3.8) is 0 Å². The molecule has 0 unspecified atom stereocenters. The summed E-state index contributed by atoms with van der Waals surface area (Å²) < 4.78 is 10.3. The number of hydrogen-bond acceptors (Lipinski definition) is 4. The second-order valence-corrected chi connectivity index (χ2v) is 6.04. The highest BCUT2D eigenvalue weighted by molar-refractivity contribution is 5.95. The van der Waals surface area contributed by atoms with Gasteiger partial charge in [0.2, 0.25) is 0 Å². The summed E-state index contributed by atoms with van der Waals surface area (Å²) in [6.07, 6.45) is -0.677. The molecule has 0 aromatic heterocycles. The highest BCUT2D eigenvalue weighted by atomic mass is 16.5. The maximum Gasteiger partial charge on any atom is 0.337 e. The van der Waals surface area contributed by atoms with Crippen LogP contribution < -0.4 is 10.1 Å². The van der Waals surface area contributed by atoms with Crippen LogP contribution in [0.3, 0.4) is 0 Å². The molecular formula is C20H23NO4. The van der Waals surface area contributed by atoms with Gasteiger partial charge < -0.3 is 14.8 Å². The van der Waals surface area contributed by atoms with Gasteiger partial charge in [-0.15, -0.1) is 0 Å². The van der Waals surface area contributed by atoms with Gasteiger partial charge >= 0.3 is 5.97 Å². The molecule has 0 saturated heterocycles. The third kappa shape index (κ3) is 4.59. The topological polar surface area (TPSA) is 64.6 Å². The Bertz CT molecular complexity index is 758. The summed E-state index contributed by atoms with van der Waals surface area (Å²) >= 11 is 0. The zero-order valence-corrected chi connectivity index (χ0v) is 15.2. The number of aryl methyl sites for hydroxylation is 3. The van der Waals surface area contributed by atoms with Crippen LogP contribution in [0.4, 0.5) is 5.69 Å². The average molecular weight is 341 g/mol. The Kier molecular flexibility index (Phi) is 5.80. The Morgan fingerprint density at radius 3 is 2.08 bits per heavy atom. The fraction of sp³-hybridized carbons (Fsp3) is 0.300. The standard InChI is InChI=1S/C20H23NO4/c1-12-10-13(2)18(14(3)11-12)21-19(22)15(4)25-17-8-6-16(7-9-17)20(23)24-5/h6-11,15H,1-5H3,(H,21,22)/t15-/m1/s1. The van der Waals surface area contributed by atoms with Gasteiger partial charge in [0.1, 0.15) is 5.75 Å². The van der Waals surface area contributed by atoms with Crippen LogP contribution in [0.1, 0.15) is 34.0 Å². The molecule has 0 aliphatic rings. The van der Waals surface area contributed by atoms with E-state index in [1.54, 1.807) is 31.2 Å². The van der Waals surface area contributed by atoms with Gasteiger partial charge in [0, 0.05) is 5.69 Å².